The predicted molar refractivity (Wildman–Crippen MR) is 109 cm³/mol. The molecule has 0 spiro atoms. The van der Waals surface area contributed by atoms with Crippen molar-refractivity contribution >= 4 is 11.8 Å². The molecular formula is C23H28N2O3. The molecule has 1 saturated heterocycles. The fourth-order valence-electron chi connectivity index (χ4n) is 3.65. The predicted octanol–water partition coefficient (Wildman–Crippen LogP) is 2.84. The maximum Gasteiger partial charge on any atom is 0.226 e. The van der Waals surface area contributed by atoms with Crippen LogP contribution in [0.25, 0.3) is 0 Å². The Morgan fingerprint density at radius 3 is 2.43 bits per heavy atom. The van der Waals surface area contributed by atoms with Gasteiger partial charge in [0.25, 0.3) is 0 Å². The van der Waals surface area contributed by atoms with E-state index in [-0.39, 0.29) is 17.7 Å². The van der Waals surface area contributed by atoms with Crippen molar-refractivity contribution in [2.45, 2.75) is 25.7 Å². The Morgan fingerprint density at radius 2 is 1.71 bits per heavy atom. The molecule has 0 radical (unpaired) electrons. The van der Waals surface area contributed by atoms with E-state index < -0.39 is 0 Å². The van der Waals surface area contributed by atoms with Crippen LogP contribution in [0.4, 0.5) is 0 Å². The van der Waals surface area contributed by atoms with Gasteiger partial charge in [-0.2, -0.15) is 0 Å². The summed E-state index contributed by atoms with van der Waals surface area (Å²) in [5.74, 6) is 1.06. The molecule has 0 aliphatic carbocycles. The summed E-state index contributed by atoms with van der Waals surface area (Å²) in [6, 6.07) is 17.6. The zero-order valence-electron chi connectivity index (χ0n) is 16.4. The fourth-order valence-corrected chi connectivity index (χ4v) is 3.65. The number of methoxy groups -OCH3 is 1. The van der Waals surface area contributed by atoms with E-state index in [0.29, 0.717) is 26.1 Å². The summed E-state index contributed by atoms with van der Waals surface area (Å²) in [6.45, 7) is 1.89. The van der Waals surface area contributed by atoms with E-state index >= 15 is 0 Å². The van der Waals surface area contributed by atoms with E-state index in [0.717, 1.165) is 36.1 Å². The van der Waals surface area contributed by atoms with E-state index in [4.69, 9.17) is 4.74 Å². The van der Waals surface area contributed by atoms with Gasteiger partial charge in [0.2, 0.25) is 11.8 Å². The number of rotatable bonds is 7. The molecule has 2 amide bonds. The molecule has 5 heteroatoms. The second-order valence-electron chi connectivity index (χ2n) is 7.17. The number of piperidine rings is 1. The Morgan fingerprint density at radius 1 is 1.04 bits per heavy atom. The van der Waals surface area contributed by atoms with Crippen molar-refractivity contribution in [2.75, 3.05) is 26.7 Å². The van der Waals surface area contributed by atoms with Gasteiger partial charge in [0.15, 0.2) is 0 Å². The molecule has 1 fully saturated rings. The number of likely N-dealkylation sites (tertiary alicyclic amines) is 1. The third-order valence-corrected chi connectivity index (χ3v) is 5.30. The number of carbonyl (C=O) groups excluding carboxylic acids is 2. The van der Waals surface area contributed by atoms with Gasteiger partial charge in [-0.3, -0.25) is 9.59 Å². The van der Waals surface area contributed by atoms with Gasteiger partial charge in [-0.05, 0) is 36.5 Å². The lowest BCUT2D eigenvalue weighted by atomic mass is 9.95. The third kappa shape index (κ3) is 5.35. The summed E-state index contributed by atoms with van der Waals surface area (Å²) >= 11 is 0. The normalized spacial score (nSPS) is 14.5. The van der Waals surface area contributed by atoms with Crippen LogP contribution < -0.4 is 10.1 Å². The summed E-state index contributed by atoms with van der Waals surface area (Å²) in [4.78, 5) is 26.8. The van der Waals surface area contributed by atoms with E-state index in [9.17, 15) is 9.59 Å². The van der Waals surface area contributed by atoms with Crippen LogP contribution in [0.2, 0.25) is 0 Å². The summed E-state index contributed by atoms with van der Waals surface area (Å²) in [5.41, 5.74) is 2.12. The molecular weight excluding hydrogens is 352 g/mol. The van der Waals surface area contributed by atoms with Gasteiger partial charge in [0.1, 0.15) is 5.75 Å². The number of amides is 2. The second kappa shape index (κ2) is 9.93. The summed E-state index contributed by atoms with van der Waals surface area (Å²) in [7, 11) is 1.66. The lowest BCUT2D eigenvalue weighted by Gasteiger charge is -2.31. The number of nitrogens with one attached hydrogen (secondary N) is 1. The van der Waals surface area contributed by atoms with Crippen LogP contribution in [-0.2, 0) is 22.4 Å². The number of benzene rings is 2. The second-order valence-corrected chi connectivity index (χ2v) is 7.17. The average Bonchev–Trinajstić information content (AvgIpc) is 2.75. The summed E-state index contributed by atoms with van der Waals surface area (Å²) in [5, 5.41) is 3.04. The van der Waals surface area contributed by atoms with Crippen LogP contribution in [0.3, 0.4) is 0 Å². The van der Waals surface area contributed by atoms with Crippen LogP contribution in [-0.4, -0.2) is 43.5 Å². The number of para-hydroxylation sites is 1. The number of hydrogen-bond donors (Lipinski definition) is 1. The maximum atomic E-state index is 12.5. The van der Waals surface area contributed by atoms with Gasteiger partial charge in [0, 0.05) is 25.6 Å². The molecule has 1 heterocycles. The molecule has 2 aromatic carbocycles. The van der Waals surface area contributed by atoms with E-state index in [1.807, 2.05) is 59.5 Å². The van der Waals surface area contributed by atoms with Crippen molar-refractivity contribution in [1.82, 2.24) is 10.2 Å². The zero-order chi connectivity index (χ0) is 19.8. The van der Waals surface area contributed by atoms with Crippen molar-refractivity contribution in [3.8, 4) is 5.75 Å². The highest BCUT2D eigenvalue weighted by atomic mass is 16.5. The van der Waals surface area contributed by atoms with Crippen LogP contribution in [0, 0.1) is 5.92 Å². The molecule has 5 nitrogen and oxygen atoms in total. The monoisotopic (exact) mass is 380 g/mol. The molecule has 0 aromatic heterocycles. The van der Waals surface area contributed by atoms with E-state index in [1.165, 1.54) is 0 Å². The first-order chi connectivity index (χ1) is 13.7. The highest BCUT2D eigenvalue weighted by Crippen LogP contribution is 2.19. The summed E-state index contributed by atoms with van der Waals surface area (Å²) in [6.07, 6.45) is 2.61. The number of ether oxygens (including phenoxy) is 1. The van der Waals surface area contributed by atoms with Gasteiger partial charge in [-0.15, -0.1) is 0 Å². The molecule has 1 aliphatic heterocycles. The van der Waals surface area contributed by atoms with Crippen molar-refractivity contribution < 1.29 is 14.3 Å². The highest BCUT2D eigenvalue weighted by molar-refractivity contribution is 5.81. The Kier molecular flexibility index (Phi) is 7.06. The Balaban J connectivity index is 1.40. The molecule has 28 heavy (non-hydrogen) atoms. The molecule has 1 N–H and O–H groups in total. The number of nitrogens with zero attached hydrogens (tertiary/aromatic N) is 1. The fraction of sp³-hybridized carbons (Fsp3) is 0.391. The summed E-state index contributed by atoms with van der Waals surface area (Å²) < 4.78 is 5.35. The van der Waals surface area contributed by atoms with E-state index in [2.05, 4.69) is 5.32 Å². The number of carbonyl (C=O) groups is 2. The standard InChI is InChI=1S/C23H28N2O3/c1-28-21-10-6-5-9-19(21)11-14-24-23(27)20-12-15-25(16-13-20)22(26)17-18-7-3-2-4-8-18/h2-10,20H,11-17H2,1H3,(H,24,27). The largest absolute Gasteiger partial charge is 0.496 e. The molecule has 148 valence electrons. The Labute approximate surface area is 166 Å². The molecule has 0 unspecified atom stereocenters. The molecule has 3 rings (SSSR count). The van der Waals surface area contributed by atoms with Crippen molar-refractivity contribution in [2.24, 2.45) is 5.92 Å². The Hall–Kier alpha value is -2.82. The maximum absolute atomic E-state index is 12.5. The van der Waals surface area contributed by atoms with Gasteiger partial charge in [0.05, 0.1) is 13.5 Å². The SMILES string of the molecule is COc1ccccc1CCNC(=O)C1CCN(C(=O)Cc2ccccc2)CC1. The van der Waals surface area contributed by atoms with Crippen LogP contribution in [0.1, 0.15) is 24.0 Å². The molecule has 2 aromatic rings. The minimum atomic E-state index is -0.0153. The van der Waals surface area contributed by atoms with Gasteiger partial charge in [-0.1, -0.05) is 48.5 Å². The Bertz CT molecular complexity index is 783. The smallest absolute Gasteiger partial charge is 0.226 e. The lowest BCUT2D eigenvalue weighted by molar-refractivity contribution is -0.135. The first-order valence-electron chi connectivity index (χ1n) is 9.88. The van der Waals surface area contributed by atoms with Crippen molar-refractivity contribution in [1.29, 1.82) is 0 Å². The van der Waals surface area contributed by atoms with Gasteiger partial charge >= 0.3 is 0 Å². The van der Waals surface area contributed by atoms with E-state index in [1.54, 1.807) is 7.11 Å². The molecule has 0 bridgehead atoms. The highest BCUT2D eigenvalue weighted by Gasteiger charge is 2.27. The first kappa shape index (κ1) is 19.9. The van der Waals surface area contributed by atoms with Gasteiger partial charge < -0.3 is 15.0 Å². The molecule has 0 atom stereocenters. The minimum absolute atomic E-state index is 0.0153. The number of hydrogen-bond acceptors (Lipinski definition) is 3. The lowest BCUT2D eigenvalue weighted by Crippen LogP contribution is -2.43. The average molecular weight is 380 g/mol. The zero-order valence-corrected chi connectivity index (χ0v) is 16.4. The van der Waals surface area contributed by atoms with Crippen molar-refractivity contribution in [3.63, 3.8) is 0 Å². The quantitative estimate of drug-likeness (QED) is 0.804. The van der Waals surface area contributed by atoms with Crippen LogP contribution in [0.15, 0.2) is 54.6 Å². The van der Waals surface area contributed by atoms with Crippen LogP contribution in [0.5, 0.6) is 5.75 Å². The topological polar surface area (TPSA) is 58.6 Å². The van der Waals surface area contributed by atoms with Gasteiger partial charge in [-0.25, -0.2) is 0 Å². The van der Waals surface area contributed by atoms with Crippen LogP contribution >= 0.6 is 0 Å². The van der Waals surface area contributed by atoms with Crippen molar-refractivity contribution in [3.05, 3.63) is 65.7 Å². The molecule has 0 saturated carbocycles. The minimum Gasteiger partial charge on any atom is -0.496 e. The first-order valence-corrected chi connectivity index (χ1v) is 9.88. The third-order valence-electron chi connectivity index (χ3n) is 5.30. The molecule has 1 aliphatic rings.